The predicted octanol–water partition coefficient (Wildman–Crippen LogP) is 2.80. The largest absolute Gasteiger partial charge is 0.494 e. The number of hydrogen-bond donors (Lipinski definition) is 3. The van der Waals surface area contributed by atoms with Crippen LogP contribution in [0.5, 0.6) is 11.5 Å². The Labute approximate surface area is 171 Å². The number of carbonyl (C=O) groups is 1. The van der Waals surface area contributed by atoms with Gasteiger partial charge in [-0.25, -0.2) is 0 Å². The van der Waals surface area contributed by atoms with E-state index in [1.54, 1.807) is 31.4 Å². The lowest BCUT2D eigenvalue weighted by molar-refractivity contribution is 0.102. The third-order valence-corrected chi connectivity index (χ3v) is 4.14. The van der Waals surface area contributed by atoms with Crippen molar-refractivity contribution in [1.82, 2.24) is 10.2 Å². The lowest BCUT2D eigenvalue weighted by Gasteiger charge is -2.18. The third kappa shape index (κ3) is 6.11. The van der Waals surface area contributed by atoms with Gasteiger partial charge in [0, 0.05) is 30.8 Å². The van der Waals surface area contributed by atoms with E-state index in [4.69, 9.17) is 21.7 Å². The van der Waals surface area contributed by atoms with Crippen molar-refractivity contribution in [3.05, 3.63) is 48.0 Å². The van der Waals surface area contributed by atoms with Crippen LogP contribution in [0.25, 0.3) is 0 Å². The number of hydrogen-bond acceptors (Lipinski definition) is 5. The van der Waals surface area contributed by atoms with Crippen molar-refractivity contribution in [2.24, 2.45) is 0 Å². The summed E-state index contributed by atoms with van der Waals surface area (Å²) in [4.78, 5) is 14.5. The number of ether oxygens (including phenoxy) is 2. The lowest BCUT2D eigenvalue weighted by atomic mass is 10.2. The first-order chi connectivity index (χ1) is 13.4. The van der Waals surface area contributed by atoms with Crippen molar-refractivity contribution < 1.29 is 14.3 Å². The predicted molar refractivity (Wildman–Crippen MR) is 117 cm³/mol. The molecule has 8 heteroatoms. The van der Waals surface area contributed by atoms with Crippen molar-refractivity contribution in [3.63, 3.8) is 0 Å². The summed E-state index contributed by atoms with van der Waals surface area (Å²) in [7, 11) is 7.08. The van der Waals surface area contributed by atoms with Gasteiger partial charge in [0.2, 0.25) is 0 Å². The van der Waals surface area contributed by atoms with E-state index in [2.05, 4.69) is 20.9 Å². The van der Waals surface area contributed by atoms with Crippen molar-refractivity contribution in [1.29, 1.82) is 0 Å². The van der Waals surface area contributed by atoms with Crippen molar-refractivity contribution in [3.8, 4) is 11.5 Å². The van der Waals surface area contributed by atoms with E-state index < -0.39 is 0 Å². The molecule has 0 aliphatic heterocycles. The smallest absolute Gasteiger partial charge is 0.255 e. The first-order valence-electron chi connectivity index (χ1n) is 8.76. The van der Waals surface area contributed by atoms with Gasteiger partial charge in [0.25, 0.3) is 5.91 Å². The number of nitrogens with one attached hydrogen (secondary N) is 3. The summed E-state index contributed by atoms with van der Waals surface area (Å²) in [6.45, 7) is 1.57. The summed E-state index contributed by atoms with van der Waals surface area (Å²) in [6, 6.07) is 12.4. The van der Waals surface area contributed by atoms with Gasteiger partial charge in [0.15, 0.2) is 5.11 Å². The number of carbonyl (C=O) groups excluding carboxylic acids is 1. The Morgan fingerprint density at radius 1 is 1.00 bits per heavy atom. The zero-order valence-corrected chi connectivity index (χ0v) is 17.4. The number of amides is 1. The molecule has 0 aromatic heterocycles. The summed E-state index contributed by atoms with van der Waals surface area (Å²) in [5.41, 5.74) is 1.70. The number of thiocarbonyl (C=S) groups is 1. The maximum absolute atomic E-state index is 12.5. The van der Waals surface area contributed by atoms with Gasteiger partial charge in [-0.05, 0) is 38.4 Å². The van der Waals surface area contributed by atoms with Crippen LogP contribution < -0.4 is 25.4 Å². The molecule has 0 fully saturated rings. The summed E-state index contributed by atoms with van der Waals surface area (Å²) in [5.74, 6) is 0.784. The maximum Gasteiger partial charge on any atom is 0.255 e. The first kappa shape index (κ1) is 21.5. The topological polar surface area (TPSA) is 74.9 Å². The number of benzene rings is 2. The Balaban J connectivity index is 2.16. The van der Waals surface area contributed by atoms with Crippen LogP contribution in [0.3, 0.4) is 0 Å². The molecule has 2 aromatic rings. The summed E-state index contributed by atoms with van der Waals surface area (Å²) in [5, 5.41) is 9.57. The molecule has 3 N–H and O–H groups in total. The number of likely N-dealkylation sites (N-methyl/N-ethyl adjacent to an activating group) is 1. The molecule has 1 amide bonds. The van der Waals surface area contributed by atoms with Crippen LogP contribution in [0.1, 0.15) is 10.4 Å². The Hall–Kier alpha value is -2.84. The summed E-state index contributed by atoms with van der Waals surface area (Å²) >= 11 is 5.33. The van der Waals surface area contributed by atoms with Crippen LogP contribution in [0.15, 0.2) is 42.5 Å². The molecule has 0 saturated heterocycles. The standard InChI is InChI=1S/C20H26N4O3S/c1-24(2)11-10-21-20(28)23-16-13-17(26-3)15(12-18(16)27-4)22-19(25)14-8-6-5-7-9-14/h5-9,12-13H,10-11H2,1-4H3,(H,22,25)(H2,21,23,28). The van der Waals surface area contributed by atoms with Crippen LogP contribution in [0.4, 0.5) is 11.4 Å². The van der Waals surface area contributed by atoms with Gasteiger partial charge in [0.1, 0.15) is 11.5 Å². The van der Waals surface area contributed by atoms with Gasteiger partial charge in [-0.1, -0.05) is 18.2 Å². The van der Waals surface area contributed by atoms with Gasteiger partial charge < -0.3 is 30.3 Å². The quantitative estimate of drug-likeness (QED) is 0.586. The second-order valence-corrected chi connectivity index (χ2v) is 6.67. The Morgan fingerprint density at radius 3 is 2.11 bits per heavy atom. The lowest BCUT2D eigenvalue weighted by Crippen LogP contribution is -2.34. The molecule has 2 aromatic carbocycles. The highest BCUT2D eigenvalue weighted by atomic mass is 32.1. The second-order valence-electron chi connectivity index (χ2n) is 6.26. The highest BCUT2D eigenvalue weighted by molar-refractivity contribution is 7.80. The third-order valence-electron chi connectivity index (χ3n) is 3.90. The van der Waals surface area contributed by atoms with Crippen molar-refractivity contribution in [2.75, 3.05) is 52.0 Å². The zero-order valence-electron chi connectivity index (χ0n) is 16.5. The summed E-state index contributed by atoms with van der Waals surface area (Å²) in [6.07, 6.45) is 0. The van der Waals surface area contributed by atoms with E-state index in [9.17, 15) is 4.79 Å². The fourth-order valence-corrected chi connectivity index (χ4v) is 2.65. The molecule has 0 saturated carbocycles. The van der Waals surface area contributed by atoms with E-state index in [-0.39, 0.29) is 5.91 Å². The molecule has 0 aliphatic carbocycles. The van der Waals surface area contributed by atoms with Crippen molar-refractivity contribution in [2.45, 2.75) is 0 Å². The van der Waals surface area contributed by atoms with Crippen LogP contribution in [0.2, 0.25) is 0 Å². The SMILES string of the molecule is COc1cc(NC(=S)NCCN(C)C)c(OC)cc1NC(=O)c1ccccc1. The number of methoxy groups -OCH3 is 2. The fraction of sp³-hybridized carbons (Fsp3) is 0.300. The molecule has 0 radical (unpaired) electrons. The average molecular weight is 403 g/mol. The van der Waals surface area contributed by atoms with Crippen LogP contribution in [0, 0.1) is 0 Å². The maximum atomic E-state index is 12.5. The average Bonchev–Trinajstić information content (AvgIpc) is 2.69. The molecule has 0 atom stereocenters. The van der Waals surface area contributed by atoms with Gasteiger partial charge >= 0.3 is 0 Å². The van der Waals surface area contributed by atoms with E-state index in [0.717, 1.165) is 6.54 Å². The monoisotopic (exact) mass is 402 g/mol. The Bertz CT molecular complexity index is 813. The molecular weight excluding hydrogens is 376 g/mol. The molecule has 28 heavy (non-hydrogen) atoms. The summed E-state index contributed by atoms with van der Waals surface area (Å²) < 4.78 is 10.9. The van der Waals surface area contributed by atoms with Gasteiger partial charge in [-0.2, -0.15) is 0 Å². The second kappa shape index (κ2) is 10.5. The molecule has 0 spiro atoms. The van der Waals surface area contributed by atoms with E-state index >= 15 is 0 Å². The van der Waals surface area contributed by atoms with Crippen LogP contribution >= 0.6 is 12.2 Å². The molecule has 0 bridgehead atoms. The molecule has 0 unspecified atom stereocenters. The molecular formula is C20H26N4O3S. The highest BCUT2D eigenvalue weighted by Gasteiger charge is 2.15. The minimum absolute atomic E-state index is 0.234. The van der Waals surface area contributed by atoms with Gasteiger partial charge in [-0.15, -0.1) is 0 Å². The molecule has 150 valence electrons. The number of nitrogens with zero attached hydrogens (tertiary/aromatic N) is 1. The van der Waals surface area contributed by atoms with Crippen molar-refractivity contribution >= 4 is 34.6 Å². The molecule has 7 nitrogen and oxygen atoms in total. The Kier molecular flexibility index (Phi) is 8.03. The molecule has 2 rings (SSSR count). The Morgan fingerprint density at radius 2 is 1.57 bits per heavy atom. The number of anilines is 2. The zero-order chi connectivity index (χ0) is 20.5. The molecule has 0 aliphatic rings. The minimum Gasteiger partial charge on any atom is -0.494 e. The minimum atomic E-state index is -0.234. The van der Waals surface area contributed by atoms with E-state index in [1.807, 2.05) is 32.3 Å². The normalized spacial score (nSPS) is 10.3. The van der Waals surface area contributed by atoms with Gasteiger partial charge in [-0.3, -0.25) is 4.79 Å². The van der Waals surface area contributed by atoms with Gasteiger partial charge in [0.05, 0.1) is 25.6 Å². The van der Waals surface area contributed by atoms with E-state index in [1.165, 1.54) is 7.11 Å². The van der Waals surface area contributed by atoms with E-state index in [0.29, 0.717) is 40.1 Å². The highest BCUT2D eigenvalue weighted by Crippen LogP contribution is 2.36. The fourth-order valence-electron chi connectivity index (χ4n) is 2.44. The molecule has 0 heterocycles. The van der Waals surface area contributed by atoms with Crippen LogP contribution in [-0.4, -0.2) is 57.3 Å². The van der Waals surface area contributed by atoms with Crippen LogP contribution in [-0.2, 0) is 0 Å². The number of rotatable bonds is 8. The first-order valence-corrected chi connectivity index (χ1v) is 9.17.